The second kappa shape index (κ2) is 10.1. The molecular weight excluding hydrogens is 502 g/mol. The highest BCUT2D eigenvalue weighted by atomic mass is 32.2. The number of piperazine rings is 1. The highest BCUT2D eigenvalue weighted by molar-refractivity contribution is 7.93. The zero-order valence-electron chi connectivity index (χ0n) is 22.7. The number of hydrogen-bond acceptors (Lipinski definition) is 5. The summed E-state index contributed by atoms with van der Waals surface area (Å²) >= 11 is 0. The molecule has 9 nitrogen and oxygen atoms in total. The lowest BCUT2D eigenvalue weighted by Gasteiger charge is -2.38. The predicted octanol–water partition coefficient (Wildman–Crippen LogP) is 3.24. The molecule has 3 heterocycles. The average Bonchev–Trinajstić information content (AvgIpc) is 3.42. The molecule has 2 aromatic carbocycles. The number of sulfonamides is 1. The number of rotatable bonds is 5. The summed E-state index contributed by atoms with van der Waals surface area (Å²) in [5.41, 5.74) is 6.53. The molecule has 0 saturated carbocycles. The summed E-state index contributed by atoms with van der Waals surface area (Å²) in [6.45, 7) is 10.5. The fraction of sp³-hybridized carbons (Fsp3) is 0.500. The standard InChI is InChI=1S/C28H37N5O4S/c1-5-22-18-20(2)17-21(3)26(22)30-11-13-31(14-12-30)27(34)24-8-7-23(33-9-6-16-38(33,36)37)19-25(24)32-15-10-29(4)28(32)35/h7-8,17-19H,5-6,9-16H2,1-4H3. The van der Waals surface area contributed by atoms with Gasteiger partial charge in [0, 0.05) is 58.5 Å². The van der Waals surface area contributed by atoms with Gasteiger partial charge in [0.2, 0.25) is 10.0 Å². The Morgan fingerprint density at radius 3 is 2.29 bits per heavy atom. The van der Waals surface area contributed by atoms with Gasteiger partial charge in [0.05, 0.1) is 22.7 Å². The van der Waals surface area contributed by atoms with Crippen molar-refractivity contribution >= 4 is 39.0 Å². The monoisotopic (exact) mass is 539 g/mol. The van der Waals surface area contributed by atoms with E-state index < -0.39 is 10.0 Å². The fourth-order valence-corrected chi connectivity index (χ4v) is 7.51. The van der Waals surface area contributed by atoms with Crippen LogP contribution < -0.4 is 14.1 Å². The summed E-state index contributed by atoms with van der Waals surface area (Å²) in [5.74, 6) is -0.0204. The maximum atomic E-state index is 13.8. The van der Waals surface area contributed by atoms with Gasteiger partial charge in [-0.2, -0.15) is 0 Å². The highest BCUT2D eigenvalue weighted by Gasteiger charge is 2.34. The summed E-state index contributed by atoms with van der Waals surface area (Å²) in [5, 5.41) is 0. The smallest absolute Gasteiger partial charge is 0.324 e. The normalized spacial score (nSPS) is 19.6. The number of benzene rings is 2. The van der Waals surface area contributed by atoms with Crippen LogP contribution in [0.15, 0.2) is 30.3 Å². The van der Waals surface area contributed by atoms with Gasteiger partial charge in [0.15, 0.2) is 0 Å². The molecule has 3 saturated heterocycles. The van der Waals surface area contributed by atoms with Crippen LogP contribution in [0.4, 0.5) is 21.9 Å². The van der Waals surface area contributed by atoms with Crippen LogP contribution in [0.5, 0.6) is 0 Å². The second-order valence-electron chi connectivity index (χ2n) is 10.5. The largest absolute Gasteiger partial charge is 0.368 e. The van der Waals surface area contributed by atoms with Crippen molar-refractivity contribution in [3.05, 3.63) is 52.6 Å². The minimum absolute atomic E-state index is 0.110. The lowest BCUT2D eigenvalue weighted by molar-refractivity contribution is 0.0747. The maximum Gasteiger partial charge on any atom is 0.324 e. The van der Waals surface area contributed by atoms with Crippen LogP contribution >= 0.6 is 0 Å². The molecule has 3 amide bonds. The van der Waals surface area contributed by atoms with Crippen LogP contribution in [0, 0.1) is 13.8 Å². The van der Waals surface area contributed by atoms with Gasteiger partial charge in [-0.3, -0.25) is 14.0 Å². The van der Waals surface area contributed by atoms with Crippen LogP contribution in [0.25, 0.3) is 0 Å². The van der Waals surface area contributed by atoms with E-state index in [9.17, 15) is 18.0 Å². The van der Waals surface area contributed by atoms with Gasteiger partial charge >= 0.3 is 6.03 Å². The van der Waals surface area contributed by atoms with Gasteiger partial charge in [-0.25, -0.2) is 13.2 Å². The van der Waals surface area contributed by atoms with E-state index in [2.05, 4.69) is 37.8 Å². The minimum Gasteiger partial charge on any atom is -0.368 e. The Morgan fingerprint density at radius 1 is 0.947 bits per heavy atom. The molecule has 0 unspecified atom stereocenters. The number of hydrogen-bond donors (Lipinski definition) is 0. The molecule has 0 N–H and O–H groups in total. The lowest BCUT2D eigenvalue weighted by atomic mass is 10.0. The van der Waals surface area contributed by atoms with E-state index >= 15 is 0 Å². The van der Waals surface area contributed by atoms with E-state index in [4.69, 9.17) is 0 Å². The van der Waals surface area contributed by atoms with E-state index in [-0.39, 0.29) is 17.7 Å². The summed E-state index contributed by atoms with van der Waals surface area (Å²) in [6.07, 6.45) is 1.52. The molecule has 3 aliphatic heterocycles. The molecule has 0 atom stereocenters. The van der Waals surface area contributed by atoms with E-state index in [0.29, 0.717) is 56.1 Å². The Bertz CT molecular complexity index is 1370. The molecule has 0 spiro atoms. The first-order valence-corrected chi connectivity index (χ1v) is 15.0. The molecule has 2 aromatic rings. The number of anilines is 3. The molecule has 0 aromatic heterocycles. The quantitative estimate of drug-likeness (QED) is 0.583. The van der Waals surface area contributed by atoms with Crippen molar-refractivity contribution < 1.29 is 18.0 Å². The summed E-state index contributed by atoms with van der Waals surface area (Å²) in [7, 11) is -1.65. The summed E-state index contributed by atoms with van der Waals surface area (Å²) in [4.78, 5) is 34.2. The minimum atomic E-state index is -3.38. The molecule has 204 valence electrons. The number of aryl methyl sites for hydroxylation is 3. The van der Waals surface area contributed by atoms with Crippen LogP contribution in [0.3, 0.4) is 0 Å². The Morgan fingerprint density at radius 2 is 1.68 bits per heavy atom. The van der Waals surface area contributed by atoms with E-state index in [1.165, 1.54) is 26.7 Å². The molecule has 0 bridgehead atoms. The first-order valence-electron chi connectivity index (χ1n) is 13.4. The van der Waals surface area contributed by atoms with Crippen molar-refractivity contribution in [2.24, 2.45) is 0 Å². The van der Waals surface area contributed by atoms with Crippen LogP contribution in [-0.4, -0.2) is 88.8 Å². The molecule has 3 fully saturated rings. The Balaban J connectivity index is 1.41. The third-order valence-corrected chi connectivity index (χ3v) is 9.76. The Hall–Kier alpha value is -3.27. The number of urea groups is 1. The molecule has 10 heteroatoms. The average molecular weight is 540 g/mol. The van der Waals surface area contributed by atoms with Crippen LogP contribution in [0.1, 0.15) is 40.4 Å². The Labute approximate surface area is 225 Å². The zero-order valence-corrected chi connectivity index (χ0v) is 23.6. The number of amides is 3. The number of likely N-dealkylation sites (N-methyl/N-ethyl adjacent to an activating group) is 1. The Kier molecular flexibility index (Phi) is 7.02. The van der Waals surface area contributed by atoms with Crippen molar-refractivity contribution in [3.63, 3.8) is 0 Å². The maximum absolute atomic E-state index is 13.8. The zero-order chi connectivity index (χ0) is 27.2. The topological polar surface area (TPSA) is 84.5 Å². The van der Waals surface area contributed by atoms with E-state index in [1.807, 2.05) is 4.90 Å². The molecule has 38 heavy (non-hydrogen) atoms. The third kappa shape index (κ3) is 4.70. The number of carbonyl (C=O) groups is 2. The predicted molar refractivity (Wildman–Crippen MR) is 151 cm³/mol. The van der Waals surface area contributed by atoms with Crippen molar-refractivity contribution in [3.8, 4) is 0 Å². The summed E-state index contributed by atoms with van der Waals surface area (Å²) < 4.78 is 26.5. The fourth-order valence-electron chi connectivity index (χ4n) is 5.95. The highest BCUT2D eigenvalue weighted by Crippen LogP contribution is 2.34. The van der Waals surface area contributed by atoms with Crippen LogP contribution in [-0.2, 0) is 16.4 Å². The first-order chi connectivity index (χ1) is 18.1. The van der Waals surface area contributed by atoms with Gasteiger partial charge in [0.1, 0.15) is 0 Å². The van der Waals surface area contributed by atoms with Crippen molar-refractivity contribution in [1.82, 2.24) is 9.80 Å². The summed E-state index contributed by atoms with van der Waals surface area (Å²) in [6, 6.07) is 9.36. The van der Waals surface area contributed by atoms with Crippen molar-refractivity contribution in [2.75, 3.05) is 72.7 Å². The molecule has 3 aliphatic rings. The van der Waals surface area contributed by atoms with Gasteiger partial charge in [-0.05, 0) is 56.0 Å². The number of nitrogens with zero attached hydrogens (tertiary/aromatic N) is 5. The van der Waals surface area contributed by atoms with Crippen molar-refractivity contribution in [1.29, 1.82) is 0 Å². The van der Waals surface area contributed by atoms with Gasteiger partial charge in [0.25, 0.3) is 5.91 Å². The lowest BCUT2D eigenvalue weighted by Crippen LogP contribution is -2.49. The van der Waals surface area contributed by atoms with Gasteiger partial charge < -0.3 is 14.7 Å². The second-order valence-corrected chi connectivity index (χ2v) is 12.5. The van der Waals surface area contributed by atoms with Gasteiger partial charge in [-0.1, -0.05) is 24.6 Å². The first kappa shape index (κ1) is 26.3. The SMILES string of the molecule is CCc1cc(C)cc(C)c1N1CCN(C(=O)c2ccc(N3CCCS3(=O)=O)cc2N2CCN(C)C2=O)CC1. The van der Waals surface area contributed by atoms with E-state index in [1.54, 1.807) is 35.0 Å². The third-order valence-electron chi connectivity index (χ3n) is 7.89. The molecule has 0 radical (unpaired) electrons. The van der Waals surface area contributed by atoms with Crippen LogP contribution in [0.2, 0.25) is 0 Å². The number of carbonyl (C=O) groups excluding carboxylic acids is 2. The molecular formula is C28H37N5O4S. The molecule has 5 rings (SSSR count). The molecule has 0 aliphatic carbocycles. The van der Waals surface area contributed by atoms with E-state index in [0.717, 1.165) is 19.5 Å². The van der Waals surface area contributed by atoms with Gasteiger partial charge in [-0.15, -0.1) is 0 Å². The van der Waals surface area contributed by atoms with Crippen molar-refractivity contribution in [2.45, 2.75) is 33.6 Å².